The second-order valence-electron chi connectivity index (χ2n) is 18.0. The van der Waals surface area contributed by atoms with Crippen molar-refractivity contribution < 1.29 is 14.4 Å². The van der Waals surface area contributed by atoms with Crippen LogP contribution in [0.4, 0.5) is 4.79 Å². The summed E-state index contributed by atoms with van der Waals surface area (Å²) in [6.45, 7) is 42.9. The van der Waals surface area contributed by atoms with Crippen molar-refractivity contribution >= 4 is 17.8 Å². The van der Waals surface area contributed by atoms with Crippen molar-refractivity contribution in [2.24, 2.45) is 0 Å². The van der Waals surface area contributed by atoms with E-state index in [0.29, 0.717) is 12.3 Å². The zero-order chi connectivity index (χ0) is 38.9. The fourth-order valence-electron chi connectivity index (χ4n) is 5.71. The highest BCUT2D eigenvalue weighted by Crippen LogP contribution is 2.24. The van der Waals surface area contributed by atoms with Gasteiger partial charge in [-0.2, -0.15) is 0 Å². The molecule has 0 atom stereocenters. The van der Waals surface area contributed by atoms with Gasteiger partial charge >= 0.3 is 6.03 Å². The summed E-state index contributed by atoms with van der Waals surface area (Å²) in [4.78, 5) is 43.2. The number of urea groups is 1. The van der Waals surface area contributed by atoms with Gasteiger partial charge in [-0.15, -0.1) is 0 Å². The van der Waals surface area contributed by atoms with E-state index in [9.17, 15) is 14.4 Å². The lowest BCUT2D eigenvalue weighted by Gasteiger charge is -2.34. The summed E-state index contributed by atoms with van der Waals surface area (Å²) in [5.41, 5.74) is 1.45. The predicted molar refractivity (Wildman–Crippen MR) is 236 cm³/mol. The molecular formula is C44H87N7O3. The first kappa shape index (κ1) is 57.0. The summed E-state index contributed by atoms with van der Waals surface area (Å²) in [7, 11) is 0. The Bertz CT molecular complexity index is 1180. The minimum Gasteiger partial charge on any atom is -0.363 e. The van der Waals surface area contributed by atoms with Crippen LogP contribution in [0, 0.1) is 0 Å². The molecule has 0 bridgehead atoms. The highest BCUT2D eigenvalue weighted by Gasteiger charge is 2.31. The van der Waals surface area contributed by atoms with Crippen molar-refractivity contribution in [1.82, 2.24) is 35.1 Å². The molecule has 5 rings (SSSR count). The van der Waals surface area contributed by atoms with Crippen LogP contribution < -0.4 is 10.6 Å². The summed E-state index contributed by atoms with van der Waals surface area (Å²) >= 11 is 0. The maximum absolute atomic E-state index is 11.1. The number of carbonyl (C=O) groups excluding carboxylic acids is 3. The zero-order valence-corrected chi connectivity index (χ0v) is 34.3. The van der Waals surface area contributed by atoms with Crippen LogP contribution >= 0.6 is 0 Å². The van der Waals surface area contributed by atoms with Gasteiger partial charge in [0, 0.05) is 91.0 Å². The van der Waals surface area contributed by atoms with Crippen molar-refractivity contribution in [3.8, 4) is 0 Å². The average Bonchev–Trinajstić information content (AvgIpc) is 3.75. The Kier molecular flexibility index (Phi) is 23.9. The molecule has 0 aromatic carbocycles. The second-order valence-corrected chi connectivity index (χ2v) is 18.0. The van der Waals surface area contributed by atoms with E-state index in [0.717, 1.165) is 50.5 Å². The van der Waals surface area contributed by atoms with Gasteiger partial charge in [0.15, 0.2) is 0 Å². The summed E-state index contributed by atoms with van der Waals surface area (Å²) in [5, 5.41) is 5.79. The molecule has 2 N–H and O–H groups in total. The first-order valence-corrected chi connectivity index (χ1v) is 18.0. The number of nitrogens with one attached hydrogen (secondary N) is 2. The number of amides is 4. The molecule has 5 aliphatic rings. The van der Waals surface area contributed by atoms with E-state index in [2.05, 4.69) is 108 Å². The fraction of sp³-hybridized carbons (Fsp3) is 0.705. The topological polar surface area (TPSA) is 91.5 Å². The average molecular weight is 762 g/mol. The Morgan fingerprint density at radius 3 is 1.28 bits per heavy atom. The van der Waals surface area contributed by atoms with E-state index < -0.39 is 0 Å². The van der Waals surface area contributed by atoms with E-state index in [1.54, 1.807) is 4.90 Å². The normalized spacial score (nSPS) is 17.6. The van der Waals surface area contributed by atoms with Gasteiger partial charge in [0.25, 0.3) is 0 Å². The maximum atomic E-state index is 11.1. The number of hydrogen-bond donors (Lipinski definition) is 2. The van der Waals surface area contributed by atoms with Crippen LogP contribution in [0.3, 0.4) is 0 Å². The van der Waals surface area contributed by atoms with Crippen molar-refractivity contribution in [2.75, 3.05) is 26.2 Å². The van der Waals surface area contributed by atoms with Gasteiger partial charge < -0.3 is 35.1 Å². The molecule has 54 heavy (non-hydrogen) atoms. The van der Waals surface area contributed by atoms with Gasteiger partial charge in [0.1, 0.15) is 5.82 Å². The van der Waals surface area contributed by atoms with Gasteiger partial charge in [0.05, 0.1) is 0 Å². The van der Waals surface area contributed by atoms with E-state index in [4.69, 9.17) is 0 Å². The molecule has 0 unspecified atom stereocenters. The Morgan fingerprint density at radius 1 is 0.593 bits per heavy atom. The van der Waals surface area contributed by atoms with Crippen LogP contribution in [-0.2, 0) is 9.59 Å². The summed E-state index contributed by atoms with van der Waals surface area (Å²) < 4.78 is 0. The lowest BCUT2D eigenvalue weighted by molar-refractivity contribution is -0.132. The van der Waals surface area contributed by atoms with Crippen LogP contribution in [0.5, 0.6) is 0 Å². The molecule has 0 spiro atoms. The molecule has 0 radical (unpaired) electrons. The maximum Gasteiger partial charge on any atom is 0.317 e. The molecule has 0 aromatic heterocycles. The molecular weight excluding hydrogens is 675 g/mol. The molecule has 4 amide bonds. The van der Waals surface area contributed by atoms with E-state index in [1.165, 1.54) is 0 Å². The predicted octanol–water partition coefficient (Wildman–Crippen LogP) is 10.1. The molecule has 0 aromatic rings. The van der Waals surface area contributed by atoms with Crippen LogP contribution in [0.25, 0.3) is 0 Å². The Morgan fingerprint density at radius 2 is 1.09 bits per heavy atom. The van der Waals surface area contributed by atoms with Crippen LogP contribution in [0.2, 0.25) is 0 Å². The lowest BCUT2D eigenvalue weighted by atomic mass is 10.1. The molecule has 5 aliphatic heterocycles. The Labute approximate surface area is 334 Å². The number of hydrogen-bond acceptors (Lipinski definition) is 6. The van der Waals surface area contributed by atoms with Gasteiger partial charge in [-0.05, 0) is 116 Å². The summed E-state index contributed by atoms with van der Waals surface area (Å²) in [6, 6.07) is 0.0625. The highest BCUT2D eigenvalue weighted by atomic mass is 16.2. The van der Waals surface area contributed by atoms with Crippen LogP contribution in [-0.4, -0.2) is 96.2 Å². The van der Waals surface area contributed by atoms with Gasteiger partial charge in [0.2, 0.25) is 11.8 Å². The summed E-state index contributed by atoms with van der Waals surface area (Å²) in [6.07, 6.45) is 14.2. The molecule has 2 saturated heterocycles. The minimum absolute atomic E-state index is 0. The SMILES string of the molecule is C.C.C.C.C=C1C=CCN1C(C)(C)C.C=C1NC=CN1C(C)(C)C.CC(C)(C)N1C=CCC1=O.CC(C)(C)N1CCCC1=O.CC(C)(C)N1CCNC1=O. The third-order valence-electron chi connectivity index (χ3n) is 8.33. The molecule has 316 valence electrons. The van der Waals surface area contributed by atoms with Gasteiger partial charge in [-0.25, -0.2) is 4.79 Å². The molecule has 5 heterocycles. The summed E-state index contributed by atoms with van der Waals surface area (Å²) in [5.74, 6) is 1.47. The molecule has 0 aliphatic carbocycles. The first-order valence-electron chi connectivity index (χ1n) is 18.0. The molecule has 0 saturated carbocycles. The number of allylic oxidation sites excluding steroid dienone is 1. The molecule has 10 nitrogen and oxygen atoms in total. The Hall–Kier alpha value is -3.69. The molecule has 2 fully saturated rings. The minimum atomic E-state index is -0.0515. The van der Waals surface area contributed by atoms with Crippen LogP contribution in [0.1, 0.15) is 153 Å². The number of carbonyl (C=O) groups is 3. The smallest absolute Gasteiger partial charge is 0.317 e. The van der Waals surface area contributed by atoms with Crippen LogP contribution in [0.15, 0.2) is 61.5 Å². The number of likely N-dealkylation sites (tertiary alicyclic amines) is 1. The quantitative estimate of drug-likeness (QED) is 0.255. The standard InChI is InChI=1S/C9H15N.C8H14N2.C8H15NO.C8H13NO.C7H14N2O.4CH4/c1-8-6-5-7-10(8)9(2,3)4;1-7-9-5-6-10(7)8(2,3)4;2*1-8(2,3)9-6-4-5-7(9)10;1-7(2,3)9-5-4-8-6(9)10;;;;/h5-6H,1,7H2,2-4H3;5-6,9H,1H2,2-4H3;4-6H2,1-3H3;4,6H,5H2,1-3H3;4-5H2,1-3H3,(H,8,10);4*1H4. The van der Waals surface area contributed by atoms with E-state index in [-0.39, 0.29) is 69.3 Å². The molecule has 10 heteroatoms. The van der Waals surface area contributed by atoms with Crippen molar-refractivity contribution in [3.63, 3.8) is 0 Å². The zero-order valence-electron chi connectivity index (χ0n) is 34.3. The highest BCUT2D eigenvalue weighted by molar-refractivity contribution is 5.82. The third kappa shape index (κ3) is 18.6. The van der Waals surface area contributed by atoms with Gasteiger partial charge in [-0.1, -0.05) is 55.0 Å². The van der Waals surface area contributed by atoms with E-state index >= 15 is 0 Å². The first-order chi connectivity index (χ1) is 22.6. The number of rotatable bonds is 0. The van der Waals surface area contributed by atoms with Crippen molar-refractivity contribution in [3.05, 3.63) is 61.5 Å². The van der Waals surface area contributed by atoms with Crippen molar-refractivity contribution in [2.45, 2.75) is 181 Å². The number of nitrogens with zero attached hydrogens (tertiary/aromatic N) is 5. The third-order valence-corrected chi connectivity index (χ3v) is 8.33. The van der Waals surface area contributed by atoms with Crippen molar-refractivity contribution in [1.29, 1.82) is 0 Å². The monoisotopic (exact) mass is 762 g/mol. The van der Waals surface area contributed by atoms with Gasteiger partial charge in [-0.3, -0.25) is 9.59 Å². The Balaban J connectivity index is -0.000000284. The second kappa shape index (κ2) is 22.6. The fourth-order valence-corrected chi connectivity index (χ4v) is 5.71. The lowest BCUT2D eigenvalue weighted by Crippen LogP contribution is -2.43. The largest absolute Gasteiger partial charge is 0.363 e. The van der Waals surface area contributed by atoms with E-state index in [1.807, 2.05) is 76.0 Å².